The predicted octanol–water partition coefficient (Wildman–Crippen LogP) is 3.16. The third kappa shape index (κ3) is 3.67. The zero-order chi connectivity index (χ0) is 15.4. The van der Waals surface area contributed by atoms with E-state index in [0.29, 0.717) is 25.4 Å². The van der Waals surface area contributed by atoms with Gasteiger partial charge in [0.1, 0.15) is 12.4 Å². The molecular formula is C17H16BrNO3. The number of nitrogens with one attached hydrogen (secondary N) is 1. The van der Waals surface area contributed by atoms with Crippen LogP contribution in [0, 0.1) is 0 Å². The molecule has 1 amide bonds. The average molecular weight is 362 g/mol. The van der Waals surface area contributed by atoms with Crippen molar-refractivity contribution in [2.45, 2.75) is 12.6 Å². The van der Waals surface area contributed by atoms with Gasteiger partial charge in [0.25, 0.3) is 5.91 Å². The minimum Gasteiger partial charge on any atom is -0.489 e. The van der Waals surface area contributed by atoms with Crippen LogP contribution in [-0.4, -0.2) is 25.2 Å². The van der Waals surface area contributed by atoms with E-state index in [-0.39, 0.29) is 11.9 Å². The Morgan fingerprint density at radius 1 is 1.23 bits per heavy atom. The predicted molar refractivity (Wildman–Crippen MR) is 87.0 cm³/mol. The Hall–Kier alpha value is -1.85. The third-order valence-corrected chi connectivity index (χ3v) is 4.06. The molecule has 0 saturated carbocycles. The highest BCUT2D eigenvalue weighted by molar-refractivity contribution is 9.10. The van der Waals surface area contributed by atoms with Crippen LogP contribution >= 0.6 is 15.9 Å². The van der Waals surface area contributed by atoms with Crippen LogP contribution in [0.5, 0.6) is 5.75 Å². The number of rotatable bonds is 5. The van der Waals surface area contributed by atoms with Crippen molar-refractivity contribution < 1.29 is 14.3 Å². The summed E-state index contributed by atoms with van der Waals surface area (Å²) in [6.45, 7) is 1.67. The highest BCUT2D eigenvalue weighted by atomic mass is 79.9. The van der Waals surface area contributed by atoms with Crippen LogP contribution in [0.2, 0.25) is 0 Å². The molecule has 1 aliphatic rings. The first kappa shape index (κ1) is 15.1. The van der Waals surface area contributed by atoms with Gasteiger partial charge >= 0.3 is 0 Å². The van der Waals surface area contributed by atoms with E-state index in [4.69, 9.17) is 9.47 Å². The molecule has 1 aliphatic heterocycles. The van der Waals surface area contributed by atoms with E-state index in [1.54, 1.807) is 12.1 Å². The van der Waals surface area contributed by atoms with Crippen LogP contribution < -0.4 is 10.1 Å². The van der Waals surface area contributed by atoms with E-state index in [2.05, 4.69) is 21.2 Å². The summed E-state index contributed by atoms with van der Waals surface area (Å²) in [6.07, 6.45) is 0. The van der Waals surface area contributed by atoms with Gasteiger partial charge in [-0.2, -0.15) is 0 Å². The fraction of sp³-hybridized carbons (Fsp3) is 0.235. The molecule has 4 nitrogen and oxygen atoms in total. The van der Waals surface area contributed by atoms with Crippen LogP contribution in [0.15, 0.2) is 53.0 Å². The summed E-state index contributed by atoms with van der Waals surface area (Å²) < 4.78 is 11.5. The topological polar surface area (TPSA) is 47.6 Å². The Kier molecular flexibility index (Phi) is 4.75. The smallest absolute Gasteiger partial charge is 0.252 e. The lowest BCUT2D eigenvalue weighted by molar-refractivity contribution is -0.00347. The maximum Gasteiger partial charge on any atom is 0.252 e. The molecule has 0 aromatic heterocycles. The second-order valence-electron chi connectivity index (χ2n) is 5.12. The molecule has 5 heteroatoms. The fourth-order valence-corrected chi connectivity index (χ4v) is 2.63. The molecule has 1 fully saturated rings. The summed E-state index contributed by atoms with van der Waals surface area (Å²) in [6, 6.07) is 15.5. The maximum absolute atomic E-state index is 12.1. The van der Waals surface area contributed by atoms with E-state index in [1.165, 1.54) is 0 Å². The van der Waals surface area contributed by atoms with Crippen molar-refractivity contribution in [1.82, 2.24) is 5.32 Å². The molecule has 0 unspecified atom stereocenters. The van der Waals surface area contributed by atoms with Gasteiger partial charge in [-0.1, -0.05) is 30.3 Å². The normalized spacial score (nSPS) is 14.2. The number of hydrogen-bond acceptors (Lipinski definition) is 3. The first-order valence-electron chi connectivity index (χ1n) is 7.07. The van der Waals surface area contributed by atoms with E-state index in [0.717, 1.165) is 15.8 Å². The first-order chi connectivity index (χ1) is 10.7. The standard InChI is InChI=1S/C17H16BrNO3/c18-16-8-14(22-9-12-4-2-1-3-5-12)6-7-15(16)17(20)19-13-10-21-11-13/h1-8,13H,9-11H2,(H,19,20). The number of carbonyl (C=O) groups is 1. The Labute approximate surface area is 137 Å². The van der Waals surface area contributed by atoms with Crippen molar-refractivity contribution in [2.75, 3.05) is 13.2 Å². The SMILES string of the molecule is O=C(NC1COC1)c1ccc(OCc2ccccc2)cc1Br. The van der Waals surface area contributed by atoms with E-state index >= 15 is 0 Å². The van der Waals surface area contributed by atoms with Crippen molar-refractivity contribution in [1.29, 1.82) is 0 Å². The van der Waals surface area contributed by atoms with Crippen molar-refractivity contribution >= 4 is 21.8 Å². The largest absolute Gasteiger partial charge is 0.489 e. The first-order valence-corrected chi connectivity index (χ1v) is 7.86. The van der Waals surface area contributed by atoms with Gasteiger partial charge in [-0.3, -0.25) is 4.79 Å². The third-order valence-electron chi connectivity index (χ3n) is 3.41. The quantitative estimate of drug-likeness (QED) is 0.889. The van der Waals surface area contributed by atoms with Crippen molar-refractivity contribution in [3.8, 4) is 5.75 Å². The second kappa shape index (κ2) is 6.94. The van der Waals surface area contributed by atoms with Crippen molar-refractivity contribution in [3.05, 3.63) is 64.1 Å². The molecule has 0 spiro atoms. The average Bonchev–Trinajstić information content (AvgIpc) is 2.50. The molecule has 1 saturated heterocycles. The van der Waals surface area contributed by atoms with E-state index in [9.17, 15) is 4.79 Å². The van der Waals surface area contributed by atoms with Gasteiger partial charge < -0.3 is 14.8 Å². The van der Waals surface area contributed by atoms with Crippen molar-refractivity contribution in [3.63, 3.8) is 0 Å². The van der Waals surface area contributed by atoms with Crippen LogP contribution in [0.4, 0.5) is 0 Å². The van der Waals surface area contributed by atoms with Crippen LogP contribution in [0.1, 0.15) is 15.9 Å². The number of halogens is 1. The Morgan fingerprint density at radius 2 is 2.00 bits per heavy atom. The monoisotopic (exact) mass is 361 g/mol. The minimum absolute atomic E-state index is 0.102. The van der Waals surface area contributed by atoms with Gasteiger partial charge in [0.15, 0.2) is 0 Å². The van der Waals surface area contributed by atoms with E-state index in [1.807, 2.05) is 36.4 Å². The van der Waals surface area contributed by atoms with Gasteiger partial charge in [-0.05, 0) is 39.7 Å². The van der Waals surface area contributed by atoms with Crippen molar-refractivity contribution in [2.24, 2.45) is 0 Å². The van der Waals surface area contributed by atoms with Gasteiger partial charge in [0, 0.05) is 4.47 Å². The Morgan fingerprint density at radius 3 is 2.64 bits per heavy atom. The molecule has 2 aromatic rings. The molecule has 1 heterocycles. The molecule has 0 radical (unpaired) electrons. The number of hydrogen-bond donors (Lipinski definition) is 1. The summed E-state index contributed by atoms with van der Waals surface area (Å²) in [5.41, 5.74) is 1.70. The summed E-state index contributed by atoms with van der Waals surface area (Å²) in [4.78, 5) is 12.1. The molecule has 1 N–H and O–H groups in total. The van der Waals surface area contributed by atoms with Gasteiger partial charge in [0.2, 0.25) is 0 Å². The molecular weight excluding hydrogens is 346 g/mol. The maximum atomic E-state index is 12.1. The van der Waals surface area contributed by atoms with Crippen LogP contribution in [0.25, 0.3) is 0 Å². The molecule has 0 bridgehead atoms. The number of ether oxygens (including phenoxy) is 2. The highest BCUT2D eigenvalue weighted by Crippen LogP contribution is 2.24. The lowest BCUT2D eigenvalue weighted by Crippen LogP contribution is -2.48. The number of benzene rings is 2. The van der Waals surface area contributed by atoms with Gasteiger partial charge in [-0.15, -0.1) is 0 Å². The fourth-order valence-electron chi connectivity index (χ4n) is 2.09. The van der Waals surface area contributed by atoms with Crippen LogP contribution in [0.3, 0.4) is 0 Å². The molecule has 0 atom stereocenters. The number of carbonyl (C=O) groups excluding carboxylic acids is 1. The van der Waals surface area contributed by atoms with Gasteiger partial charge in [0.05, 0.1) is 24.8 Å². The molecule has 3 rings (SSSR count). The van der Waals surface area contributed by atoms with E-state index < -0.39 is 0 Å². The highest BCUT2D eigenvalue weighted by Gasteiger charge is 2.22. The summed E-state index contributed by atoms with van der Waals surface area (Å²) in [5, 5.41) is 2.92. The lowest BCUT2D eigenvalue weighted by atomic mass is 10.1. The lowest BCUT2D eigenvalue weighted by Gasteiger charge is -2.27. The van der Waals surface area contributed by atoms with Gasteiger partial charge in [-0.25, -0.2) is 0 Å². The Balaban J connectivity index is 1.62. The molecule has 0 aliphatic carbocycles. The van der Waals surface area contributed by atoms with Crippen LogP contribution in [-0.2, 0) is 11.3 Å². The molecule has 22 heavy (non-hydrogen) atoms. The minimum atomic E-state index is -0.102. The summed E-state index contributed by atoms with van der Waals surface area (Å²) >= 11 is 3.43. The molecule has 2 aromatic carbocycles. The summed E-state index contributed by atoms with van der Waals surface area (Å²) in [5.74, 6) is 0.619. The second-order valence-corrected chi connectivity index (χ2v) is 5.98. The molecule has 114 valence electrons. The Bertz CT molecular complexity index is 656. The number of amides is 1. The summed E-state index contributed by atoms with van der Waals surface area (Å²) in [7, 11) is 0. The zero-order valence-corrected chi connectivity index (χ0v) is 13.5. The zero-order valence-electron chi connectivity index (χ0n) is 11.9.